The van der Waals surface area contributed by atoms with Crippen LogP contribution in [0.1, 0.15) is 119 Å². The van der Waals surface area contributed by atoms with Gasteiger partial charge in [0.2, 0.25) is 0 Å². The molecule has 1 unspecified atom stereocenters. The van der Waals surface area contributed by atoms with Crippen LogP contribution in [0, 0.1) is 29.1 Å². The first-order valence-electron chi connectivity index (χ1n) is 11.2. The van der Waals surface area contributed by atoms with Crippen molar-refractivity contribution < 1.29 is 4.79 Å². The molecule has 0 saturated heterocycles. The highest BCUT2D eigenvalue weighted by molar-refractivity contribution is 5.81. The third-order valence-corrected chi connectivity index (χ3v) is 6.21. The van der Waals surface area contributed by atoms with Gasteiger partial charge >= 0.3 is 0 Å². The third-order valence-electron chi connectivity index (χ3n) is 6.21. The summed E-state index contributed by atoms with van der Waals surface area (Å²) in [4.78, 5) is 12.4. The van der Waals surface area contributed by atoms with Gasteiger partial charge in [0.15, 0.2) is 0 Å². The zero-order valence-corrected chi connectivity index (χ0v) is 18.2. The van der Waals surface area contributed by atoms with Crippen LogP contribution in [0.4, 0.5) is 0 Å². The normalized spacial score (nSPS) is 23.0. The second-order valence-electron chi connectivity index (χ2n) is 10.6. The van der Waals surface area contributed by atoms with E-state index in [0.29, 0.717) is 17.1 Å². The fourth-order valence-electron chi connectivity index (χ4n) is 4.25. The summed E-state index contributed by atoms with van der Waals surface area (Å²) in [5, 5.41) is 0. The minimum absolute atomic E-state index is 0.290. The van der Waals surface area contributed by atoms with Crippen molar-refractivity contribution in [1.29, 1.82) is 0 Å². The topological polar surface area (TPSA) is 17.1 Å². The van der Waals surface area contributed by atoms with E-state index in [0.717, 1.165) is 43.4 Å². The molecule has 0 aromatic carbocycles. The lowest BCUT2D eigenvalue weighted by Crippen LogP contribution is -2.23. The van der Waals surface area contributed by atoms with E-state index in [1.54, 1.807) is 0 Å². The summed E-state index contributed by atoms with van der Waals surface area (Å²) in [7, 11) is 0. The molecule has 1 nitrogen and oxygen atoms in total. The monoisotopic (exact) mass is 350 g/mol. The third kappa shape index (κ3) is 11.1. The molecule has 0 aromatic rings. The number of Topliss-reactive ketones (excluding diaryl/α,β-unsaturated/α-hetero) is 1. The van der Waals surface area contributed by atoms with Crippen LogP contribution in [0.3, 0.4) is 0 Å². The van der Waals surface area contributed by atoms with E-state index >= 15 is 0 Å². The molecular formula is C24H46O. The molecule has 0 aliphatic heterocycles. The van der Waals surface area contributed by atoms with Gasteiger partial charge in [-0.15, -0.1) is 0 Å². The highest BCUT2D eigenvalue weighted by atomic mass is 16.1. The van der Waals surface area contributed by atoms with E-state index in [9.17, 15) is 4.79 Å². The molecule has 1 aliphatic carbocycles. The summed E-state index contributed by atoms with van der Waals surface area (Å²) in [6.07, 6.45) is 15.2. The molecule has 0 N–H and O–H groups in total. The van der Waals surface area contributed by atoms with E-state index in [1.165, 1.54) is 51.4 Å². The average Bonchev–Trinajstić information content (AvgIpc) is 2.52. The van der Waals surface area contributed by atoms with Gasteiger partial charge in [0.05, 0.1) is 0 Å². The van der Waals surface area contributed by atoms with Crippen LogP contribution in [0.15, 0.2) is 0 Å². The minimum atomic E-state index is 0.290. The van der Waals surface area contributed by atoms with Crippen molar-refractivity contribution in [3.63, 3.8) is 0 Å². The highest BCUT2D eigenvalue weighted by Crippen LogP contribution is 2.34. The van der Waals surface area contributed by atoms with Crippen LogP contribution in [0.2, 0.25) is 0 Å². The lowest BCUT2D eigenvalue weighted by atomic mass is 9.76. The van der Waals surface area contributed by atoms with Gasteiger partial charge in [0, 0.05) is 12.3 Å². The van der Waals surface area contributed by atoms with Crippen LogP contribution in [0.25, 0.3) is 0 Å². The van der Waals surface area contributed by atoms with Crippen LogP contribution >= 0.6 is 0 Å². The van der Waals surface area contributed by atoms with E-state index in [4.69, 9.17) is 0 Å². The van der Waals surface area contributed by atoms with Crippen molar-refractivity contribution in [3.8, 4) is 0 Å². The Morgan fingerprint density at radius 1 is 0.920 bits per heavy atom. The molecule has 0 radical (unpaired) electrons. The van der Waals surface area contributed by atoms with Crippen LogP contribution in [0.5, 0.6) is 0 Å². The maximum absolute atomic E-state index is 12.4. The minimum Gasteiger partial charge on any atom is -0.299 e. The Morgan fingerprint density at radius 2 is 1.52 bits per heavy atom. The molecular weight excluding hydrogens is 304 g/mol. The quantitative estimate of drug-likeness (QED) is 0.371. The predicted octanol–water partition coefficient (Wildman–Crippen LogP) is 7.82. The molecule has 0 heterocycles. The number of hydrogen-bond donors (Lipinski definition) is 0. The Kier molecular flexibility index (Phi) is 10.4. The summed E-state index contributed by atoms with van der Waals surface area (Å²) in [6.45, 7) is 13.8. The smallest absolute Gasteiger partial charge is 0.135 e. The van der Waals surface area contributed by atoms with Gasteiger partial charge in [0.1, 0.15) is 5.78 Å². The molecule has 0 bridgehead atoms. The van der Waals surface area contributed by atoms with Crippen molar-refractivity contribution in [2.45, 2.75) is 119 Å². The molecule has 1 aliphatic rings. The van der Waals surface area contributed by atoms with Crippen LogP contribution < -0.4 is 0 Å². The summed E-state index contributed by atoms with van der Waals surface area (Å²) in [5.41, 5.74) is 0.290. The van der Waals surface area contributed by atoms with E-state index < -0.39 is 0 Å². The van der Waals surface area contributed by atoms with Gasteiger partial charge < -0.3 is 0 Å². The van der Waals surface area contributed by atoms with Gasteiger partial charge in [0.25, 0.3) is 0 Å². The molecule has 1 fully saturated rings. The van der Waals surface area contributed by atoms with Gasteiger partial charge in [-0.05, 0) is 55.3 Å². The molecule has 0 spiro atoms. The Morgan fingerprint density at radius 3 is 2.08 bits per heavy atom. The fraction of sp³-hybridized carbons (Fsp3) is 0.958. The molecule has 148 valence electrons. The van der Waals surface area contributed by atoms with Crippen molar-refractivity contribution >= 4 is 5.78 Å². The molecule has 1 rings (SSSR count). The SMILES string of the molecule is CC(C)CCCC(C)CCCC1CCC(C(=O)CCC(C)(C)C)CC1. The average molecular weight is 351 g/mol. The molecule has 1 heteroatoms. The van der Waals surface area contributed by atoms with E-state index in [1.807, 2.05) is 0 Å². The Hall–Kier alpha value is -0.330. The number of rotatable bonds is 11. The second-order valence-corrected chi connectivity index (χ2v) is 10.6. The molecule has 0 amide bonds. The first-order chi connectivity index (χ1) is 11.7. The Balaban J connectivity index is 2.11. The lowest BCUT2D eigenvalue weighted by molar-refractivity contribution is -0.124. The fourth-order valence-corrected chi connectivity index (χ4v) is 4.25. The van der Waals surface area contributed by atoms with Crippen molar-refractivity contribution in [2.75, 3.05) is 0 Å². The number of carbonyl (C=O) groups excluding carboxylic acids is 1. The lowest BCUT2D eigenvalue weighted by Gasteiger charge is -2.28. The summed E-state index contributed by atoms with van der Waals surface area (Å²) < 4.78 is 0. The number of carbonyl (C=O) groups is 1. The van der Waals surface area contributed by atoms with Crippen molar-refractivity contribution in [2.24, 2.45) is 29.1 Å². The second kappa shape index (κ2) is 11.4. The van der Waals surface area contributed by atoms with Gasteiger partial charge in [-0.1, -0.05) is 80.1 Å². The summed E-state index contributed by atoms with van der Waals surface area (Å²) in [6, 6.07) is 0. The highest BCUT2D eigenvalue weighted by Gasteiger charge is 2.26. The first-order valence-corrected chi connectivity index (χ1v) is 11.2. The maximum Gasteiger partial charge on any atom is 0.135 e. The van der Waals surface area contributed by atoms with E-state index in [2.05, 4.69) is 41.5 Å². The van der Waals surface area contributed by atoms with Crippen molar-refractivity contribution in [1.82, 2.24) is 0 Å². The Bertz CT molecular complexity index is 355. The molecule has 25 heavy (non-hydrogen) atoms. The van der Waals surface area contributed by atoms with Gasteiger partial charge in [-0.3, -0.25) is 4.79 Å². The van der Waals surface area contributed by atoms with E-state index in [-0.39, 0.29) is 0 Å². The van der Waals surface area contributed by atoms with Crippen molar-refractivity contribution in [3.05, 3.63) is 0 Å². The molecule has 1 saturated carbocycles. The zero-order valence-electron chi connectivity index (χ0n) is 18.2. The van der Waals surface area contributed by atoms with Crippen LogP contribution in [-0.4, -0.2) is 5.78 Å². The first kappa shape index (κ1) is 22.7. The standard InChI is InChI=1S/C24H46O/c1-19(2)9-7-10-20(3)11-8-12-21-13-15-22(16-14-21)23(25)17-18-24(4,5)6/h19-22H,7-18H2,1-6H3. The Labute approximate surface area is 158 Å². The maximum atomic E-state index is 12.4. The number of ketones is 1. The van der Waals surface area contributed by atoms with Gasteiger partial charge in [-0.25, -0.2) is 0 Å². The van der Waals surface area contributed by atoms with Gasteiger partial charge in [-0.2, -0.15) is 0 Å². The summed E-state index contributed by atoms with van der Waals surface area (Å²) >= 11 is 0. The predicted molar refractivity (Wildman–Crippen MR) is 111 cm³/mol. The summed E-state index contributed by atoms with van der Waals surface area (Å²) in [5.74, 6) is 3.58. The van der Waals surface area contributed by atoms with Crippen LogP contribution in [-0.2, 0) is 4.79 Å². The zero-order chi connectivity index (χ0) is 18.9. The molecule has 1 atom stereocenters. The largest absolute Gasteiger partial charge is 0.299 e. The molecule has 0 aromatic heterocycles. The number of hydrogen-bond acceptors (Lipinski definition) is 1.